The van der Waals surface area contributed by atoms with Gasteiger partial charge in [-0.25, -0.2) is 0 Å². The molecule has 0 N–H and O–H groups in total. The molecule has 3 heteroatoms. The van der Waals surface area contributed by atoms with Crippen LogP contribution in [0.25, 0.3) is 0 Å². The zero-order valence-corrected chi connectivity index (χ0v) is 12.4. The van der Waals surface area contributed by atoms with Gasteiger partial charge in [-0.1, -0.05) is 6.08 Å². The van der Waals surface area contributed by atoms with E-state index in [-0.39, 0.29) is 31.8 Å². The van der Waals surface area contributed by atoms with Crippen LogP contribution in [0, 0.1) is 0 Å². The van der Waals surface area contributed by atoms with E-state index in [2.05, 4.69) is 6.58 Å². The molecule has 1 saturated heterocycles. The van der Waals surface area contributed by atoms with Crippen LogP contribution < -0.4 is 0 Å². The first-order valence-corrected chi connectivity index (χ1v) is 4.54. The summed E-state index contributed by atoms with van der Waals surface area (Å²) in [7, 11) is 1.09. The Morgan fingerprint density at radius 1 is 1.50 bits per heavy atom. The SMILES string of the molecule is C=CC1([SiH3])CCCCO1.[PoH2]. The third-order valence-corrected chi connectivity index (χ3v) is 3.13. The van der Waals surface area contributed by atoms with Gasteiger partial charge in [-0.2, -0.15) is 0 Å². The Bertz CT molecular complexity index is 110. The minimum atomic E-state index is 0. The molecule has 1 unspecified atom stereocenters. The van der Waals surface area contributed by atoms with Crippen molar-refractivity contribution in [2.75, 3.05) is 6.61 Å². The van der Waals surface area contributed by atoms with Gasteiger partial charge in [0, 0.05) is 16.8 Å². The number of hydrogen-bond acceptors (Lipinski definition) is 1. The van der Waals surface area contributed by atoms with Gasteiger partial charge in [-0.15, -0.1) is 6.58 Å². The molecule has 1 atom stereocenters. The average Bonchev–Trinajstić information content (AvgIpc) is 1.90. The van der Waals surface area contributed by atoms with Crippen molar-refractivity contribution >= 4 is 36.8 Å². The molecule has 0 aliphatic carbocycles. The Kier molecular flexibility index (Phi) is 5.02. The summed E-state index contributed by atoms with van der Waals surface area (Å²) in [6.07, 6.45) is 5.72. The maximum absolute atomic E-state index is 5.56. The summed E-state index contributed by atoms with van der Waals surface area (Å²) in [5, 5.41) is 0.123. The van der Waals surface area contributed by atoms with Crippen molar-refractivity contribution < 1.29 is 4.74 Å². The Labute approximate surface area is 85.1 Å². The molecule has 0 aromatic carbocycles. The van der Waals surface area contributed by atoms with Crippen LogP contribution in [0.3, 0.4) is 0 Å². The molecule has 1 heterocycles. The summed E-state index contributed by atoms with van der Waals surface area (Å²) in [4.78, 5) is 0. The van der Waals surface area contributed by atoms with Crippen molar-refractivity contribution in [2.45, 2.75) is 24.5 Å². The van der Waals surface area contributed by atoms with Gasteiger partial charge in [0.15, 0.2) is 0 Å². The molecule has 0 amide bonds. The Morgan fingerprint density at radius 2 is 2.20 bits per heavy atom. The second kappa shape index (κ2) is 4.64. The molecule has 1 rings (SSSR count). The van der Waals surface area contributed by atoms with Crippen LogP contribution in [0.1, 0.15) is 19.3 Å². The topological polar surface area (TPSA) is 9.23 Å². The van der Waals surface area contributed by atoms with Crippen LogP contribution in [0.15, 0.2) is 12.7 Å². The summed E-state index contributed by atoms with van der Waals surface area (Å²) in [5.74, 6) is 0. The van der Waals surface area contributed by atoms with Crippen molar-refractivity contribution in [2.24, 2.45) is 0 Å². The molecule has 0 bridgehead atoms. The third kappa shape index (κ3) is 2.82. The number of hydrogen-bond donors (Lipinski definition) is 0. The molecule has 10 heavy (non-hydrogen) atoms. The monoisotopic (exact) mass is 353 g/mol. The minimum absolute atomic E-state index is 0. The second-order valence-corrected chi connectivity index (χ2v) is 4.52. The fourth-order valence-electron chi connectivity index (χ4n) is 1.12. The van der Waals surface area contributed by atoms with Crippen LogP contribution in [-0.2, 0) is 4.74 Å². The van der Waals surface area contributed by atoms with E-state index in [1.165, 1.54) is 19.3 Å². The van der Waals surface area contributed by atoms with Gasteiger partial charge in [0.2, 0.25) is 0 Å². The predicted molar refractivity (Wildman–Crippen MR) is 51.2 cm³/mol. The second-order valence-electron chi connectivity index (χ2n) is 2.82. The third-order valence-electron chi connectivity index (χ3n) is 1.93. The van der Waals surface area contributed by atoms with Gasteiger partial charge in [0.25, 0.3) is 0 Å². The molecule has 0 aromatic heterocycles. The first kappa shape index (κ1) is 10.8. The van der Waals surface area contributed by atoms with Gasteiger partial charge in [0.1, 0.15) is 0 Å². The first-order valence-electron chi connectivity index (χ1n) is 3.54. The van der Waals surface area contributed by atoms with Gasteiger partial charge in [0.05, 0.1) is 5.22 Å². The van der Waals surface area contributed by atoms with Crippen LogP contribution >= 0.6 is 0 Å². The van der Waals surface area contributed by atoms with Crippen molar-refractivity contribution in [1.82, 2.24) is 0 Å². The summed E-state index contributed by atoms with van der Waals surface area (Å²) < 4.78 is 5.56. The van der Waals surface area contributed by atoms with Gasteiger partial charge < -0.3 is 4.74 Å². The van der Waals surface area contributed by atoms with Crippen LogP contribution in [0.5, 0.6) is 0 Å². The molecule has 0 saturated carbocycles. The zero-order chi connectivity index (χ0) is 6.74. The van der Waals surface area contributed by atoms with Crippen molar-refractivity contribution in [3.63, 3.8) is 0 Å². The van der Waals surface area contributed by atoms with E-state index in [1.54, 1.807) is 0 Å². The van der Waals surface area contributed by atoms with E-state index < -0.39 is 0 Å². The van der Waals surface area contributed by atoms with E-state index in [1.807, 2.05) is 6.08 Å². The van der Waals surface area contributed by atoms with Crippen LogP contribution in [0.2, 0.25) is 0 Å². The van der Waals surface area contributed by atoms with E-state index in [0.717, 1.165) is 16.8 Å². The fourth-order valence-corrected chi connectivity index (χ4v) is 1.67. The summed E-state index contributed by atoms with van der Waals surface area (Å²) in [6.45, 7) is 4.71. The first-order chi connectivity index (χ1) is 4.27. The van der Waals surface area contributed by atoms with E-state index in [9.17, 15) is 0 Å². The van der Waals surface area contributed by atoms with Crippen molar-refractivity contribution in [3.8, 4) is 0 Å². The summed E-state index contributed by atoms with van der Waals surface area (Å²) in [5.41, 5.74) is 0. The standard InChI is InChI=1S/C7H14OSi.Po.2H/c1-2-7(9)5-3-4-6-8-7;;;/h2H,1,3-6H2,9H3;;;. The quantitative estimate of drug-likeness (QED) is 0.457. The van der Waals surface area contributed by atoms with Gasteiger partial charge in [-0.05, 0) is 19.3 Å². The Hall–Kier alpha value is 0.813. The molecule has 1 nitrogen and oxygen atoms in total. The van der Waals surface area contributed by atoms with E-state index >= 15 is 0 Å². The van der Waals surface area contributed by atoms with Gasteiger partial charge in [-0.3, -0.25) is 0 Å². The summed E-state index contributed by atoms with van der Waals surface area (Å²) in [6, 6.07) is 0. The maximum atomic E-state index is 5.56. The molecule has 1 aliphatic heterocycles. The normalized spacial score (nSPS) is 32.8. The molecule has 0 radical (unpaired) electrons. The molecule has 0 spiro atoms. The molecule has 0 aromatic rings. The Balaban J connectivity index is 0.000000810. The average molecular weight is 353 g/mol. The predicted octanol–water partition coefficient (Wildman–Crippen LogP) is -0.482. The van der Waals surface area contributed by atoms with Crippen LogP contribution in [0.4, 0.5) is 0 Å². The van der Waals surface area contributed by atoms with E-state index in [4.69, 9.17) is 4.74 Å². The summed E-state index contributed by atoms with van der Waals surface area (Å²) >= 11 is 0. The van der Waals surface area contributed by atoms with Crippen molar-refractivity contribution in [3.05, 3.63) is 12.7 Å². The molecule has 1 aliphatic rings. The molecule has 1 fully saturated rings. The van der Waals surface area contributed by atoms with Gasteiger partial charge >= 0.3 is 26.6 Å². The Morgan fingerprint density at radius 3 is 2.50 bits per heavy atom. The zero-order valence-electron chi connectivity index (χ0n) is 6.52. The van der Waals surface area contributed by atoms with E-state index in [0.29, 0.717) is 0 Å². The van der Waals surface area contributed by atoms with Crippen molar-refractivity contribution in [1.29, 1.82) is 0 Å². The number of rotatable bonds is 1. The number of ether oxygens (including phenoxy) is 1. The molecular weight excluding hydrogens is 337 g/mol. The fraction of sp³-hybridized carbons (Fsp3) is 0.714. The molecular formula is C7H16OPoSi. The molecule has 60 valence electrons. The van der Waals surface area contributed by atoms with Crippen LogP contribution in [-0.4, -0.2) is 48.6 Å².